The number of hydrogen-bond donors (Lipinski definition) is 1. The zero-order valence-electron chi connectivity index (χ0n) is 9.46. The highest BCUT2D eigenvalue weighted by atomic mass is 16.5. The molecule has 15 heavy (non-hydrogen) atoms. The third kappa shape index (κ3) is 2.70. The zero-order valence-corrected chi connectivity index (χ0v) is 9.46. The van der Waals surface area contributed by atoms with Gasteiger partial charge in [-0.15, -0.1) is 0 Å². The second-order valence-electron chi connectivity index (χ2n) is 4.85. The first-order chi connectivity index (χ1) is 7.30. The molecule has 1 unspecified atom stereocenters. The van der Waals surface area contributed by atoms with Crippen molar-refractivity contribution < 1.29 is 4.74 Å². The Morgan fingerprint density at radius 1 is 1.40 bits per heavy atom. The normalized spacial score (nSPS) is 24.5. The van der Waals surface area contributed by atoms with Crippen molar-refractivity contribution in [3.8, 4) is 6.07 Å². The lowest BCUT2D eigenvalue weighted by Crippen LogP contribution is -2.50. The van der Waals surface area contributed by atoms with Crippen molar-refractivity contribution in [1.82, 2.24) is 5.32 Å². The molecule has 0 aromatic heterocycles. The molecule has 1 N–H and O–H groups in total. The van der Waals surface area contributed by atoms with Crippen molar-refractivity contribution in [2.24, 2.45) is 11.8 Å². The summed E-state index contributed by atoms with van der Waals surface area (Å²) >= 11 is 0. The fraction of sp³-hybridized carbons (Fsp3) is 0.917. The fourth-order valence-corrected chi connectivity index (χ4v) is 2.04. The molecule has 84 valence electrons. The Morgan fingerprint density at radius 3 is 2.60 bits per heavy atom. The van der Waals surface area contributed by atoms with Gasteiger partial charge in [0.15, 0.2) is 0 Å². The predicted molar refractivity (Wildman–Crippen MR) is 58.3 cm³/mol. The van der Waals surface area contributed by atoms with Crippen LogP contribution in [0.2, 0.25) is 0 Å². The summed E-state index contributed by atoms with van der Waals surface area (Å²) in [5.74, 6) is 1.30. The quantitative estimate of drug-likeness (QED) is 0.692. The van der Waals surface area contributed by atoms with Crippen molar-refractivity contribution in [2.45, 2.75) is 38.1 Å². The van der Waals surface area contributed by atoms with E-state index in [1.165, 1.54) is 25.7 Å². The Bertz CT molecular complexity index is 253. The summed E-state index contributed by atoms with van der Waals surface area (Å²) in [5.41, 5.74) is -0.399. The number of nitriles is 1. The van der Waals surface area contributed by atoms with Crippen LogP contribution in [0.5, 0.6) is 0 Å². The summed E-state index contributed by atoms with van der Waals surface area (Å²) in [4.78, 5) is 0. The monoisotopic (exact) mass is 208 g/mol. The molecule has 0 spiro atoms. The first kappa shape index (κ1) is 10.9. The molecule has 2 aliphatic rings. The van der Waals surface area contributed by atoms with Gasteiger partial charge in [0.05, 0.1) is 12.7 Å². The van der Waals surface area contributed by atoms with Crippen LogP contribution in [-0.2, 0) is 4.74 Å². The lowest BCUT2D eigenvalue weighted by Gasteiger charge is -2.27. The van der Waals surface area contributed by atoms with Gasteiger partial charge in [-0.2, -0.15) is 5.26 Å². The lowest BCUT2D eigenvalue weighted by molar-refractivity contribution is 0.0745. The Kier molecular flexibility index (Phi) is 3.28. The van der Waals surface area contributed by atoms with Crippen LogP contribution in [0.3, 0.4) is 0 Å². The van der Waals surface area contributed by atoms with Gasteiger partial charge in [-0.3, -0.25) is 5.32 Å². The molecule has 0 bridgehead atoms. The summed E-state index contributed by atoms with van der Waals surface area (Å²) in [6.45, 7) is 4.31. The minimum absolute atomic E-state index is 0.399. The van der Waals surface area contributed by atoms with Gasteiger partial charge in [-0.1, -0.05) is 6.92 Å². The topological polar surface area (TPSA) is 45.0 Å². The Hall–Kier alpha value is -0.590. The second-order valence-corrected chi connectivity index (χ2v) is 4.85. The standard InChI is InChI=1S/C12H20N2O/c1-2-14-12(8-13,11-5-6-11)9-15-7-10-3-4-10/h10-11,14H,2-7,9H2,1H3. The average molecular weight is 208 g/mol. The molecule has 3 heteroatoms. The van der Waals surface area contributed by atoms with E-state index in [-0.39, 0.29) is 0 Å². The van der Waals surface area contributed by atoms with Gasteiger partial charge in [-0.05, 0) is 44.1 Å². The molecular weight excluding hydrogens is 188 g/mol. The third-order valence-corrected chi connectivity index (χ3v) is 3.35. The summed E-state index contributed by atoms with van der Waals surface area (Å²) < 4.78 is 5.68. The molecule has 0 aliphatic heterocycles. The molecule has 2 fully saturated rings. The van der Waals surface area contributed by atoms with Crippen LogP contribution >= 0.6 is 0 Å². The van der Waals surface area contributed by atoms with Crippen molar-refractivity contribution >= 4 is 0 Å². The number of hydrogen-bond acceptors (Lipinski definition) is 3. The second kappa shape index (κ2) is 4.51. The highest BCUT2D eigenvalue weighted by Gasteiger charge is 2.45. The Labute approximate surface area is 91.8 Å². The van der Waals surface area contributed by atoms with Crippen LogP contribution in [0.4, 0.5) is 0 Å². The minimum atomic E-state index is -0.399. The summed E-state index contributed by atoms with van der Waals surface area (Å²) in [6, 6.07) is 2.44. The maximum atomic E-state index is 9.31. The van der Waals surface area contributed by atoms with Crippen LogP contribution in [0.25, 0.3) is 0 Å². The number of ether oxygens (including phenoxy) is 1. The average Bonchev–Trinajstić information content (AvgIpc) is 3.07. The summed E-state index contributed by atoms with van der Waals surface area (Å²) in [7, 11) is 0. The first-order valence-corrected chi connectivity index (χ1v) is 6.05. The van der Waals surface area contributed by atoms with E-state index in [4.69, 9.17) is 4.74 Å². The van der Waals surface area contributed by atoms with E-state index in [9.17, 15) is 5.26 Å². The summed E-state index contributed by atoms with van der Waals surface area (Å²) in [5, 5.41) is 12.6. The highest BCUT2D eigenvalue weighted by Crippen LogP contribution is 2.40. The molecule has 1 atom stereocenters. The maximum Gasteiger partial charge on any atom is 0.133 e. The maximum absolute atomic E-state index is 9.31. The molecule has 0 aromatic carbocycles. The molecule has 0 saturated heterocycles. The van der Waals surface area contributed by atoms with E-state index in [1.54, 1.807) is 0 Å². The van der Waals surface area contributed by atoms with Crippen molar-refractivity contribution in [3.63, 3.8) is 0 Å². The van der Waals surface area contributed by atoms with Gasteiger partial charge in [0.25, 0.3) is 0 Å². The van der Waals surface area contributed by atoms with E-state index in [1.807, 2.05) is 0 Å². The van der Waals surface area contributed by atoms with Gasteiger partial charge in [-0.25, -0.2) is 0 Å². The molecule has 2 saturated carbocycles. The molecule has 0 heterocycles. The minimum Gasteiger partial charge on any atom is -0.378 e. The van der Waals surface area contributed by atoms with Gasteiger partial charge < -0.3 is 4.74 Å². The highest BCUT2D eigenvalue weighted by molar-refractivity contribution is 5.15. The van der Waals surface area contributed by atoms with E-state index < -0.39 is 5.54 Å². The number of likely N-dealkylation sites (N-methyl/N-ethyl adjacent to an activating group) is 1. The number of rotatable bonds is 7. The van der Waals surface area contributed by atoms with Gasteiger partial charge in [0.1, 0.15) is 5.54 Å². The van der Waals surface area contributed by atoms with Gasteiger partial charge in [0.2, 0.25) is 0 Å². The van der Waals surface area contributed by atoms with E-state index in [0.717, 1.165) is 19.1 Å². The molecule has 0 radical (unpaired) electrons. The Balaban J connectivity index is 1.82. The predicted octanol–water partition coefficient (Wildman–Crippen LogP) is 1.69. The van der Waals surface area contributed by atoms with Crippen LogP contribution < -0.4 is 5.32 Å². The van der Waals surface area contributed by atoms with Crippen molar-refractivity contribution in [3.05, 3.63) is 0 Å². The van der Waals surface area contributed by atoms with Crippen LogP contribution in [0.15, 0.2) is 0 Å². The molecule has 2 aliphatic carbocycles. The molecular formula is C12H20N2O. The lowest BCUT2D eigenvalue weighted by atomic mass is 9.96. The van der Waals surface area contributed by atoms with Crippen molar-refractivity contribution in [2.75, 3.05) is 19.8 Å². The van der Waals surface area contributed by atoms with Crippen LogP contribution in [0.1, 0.15) is 32.6 Å². The number of nitrogens with zero attached hydrogens (tertiary/aromatic N) is 1. The zero-order chi connectivity index (χ0) is 10.7. The molecule has 3 nitrogen and oxygen atoms in total. The number of nitrogens with one attached hydrogen (secondary N) is 1. The smallest absolute Gasteiger partial charge is 0.133 e. The summed E-state index contributed by atoms with van der Waals surface area (Å²) in [6.07, 6.45) is 4.97. The van der Waals surface area contributed by atoms with Gasteiger partial charge >= 0.3 is 0 Å². The largest absolute Gasteiger partial charge is 0.378 e. The van der Waals surface area contributed by atoms with E-state index >= 15 is 0 Å². The van der Waals surface area contributed by atoms with Crippen LogP contribution in [-0.4, -0.2) is 25.3 Å². The SMILES string of the molecule is CCNC(C#N)(COCC1CC1)C1CC1. The third-order valence-electron chi connectivity index (χ3n) is 3.35. The first-order valence-electron chi connectivity index (χ1n) is 6.05. The van der Waals surface area contributed by atoms with Crippen LogP contribution in [0, 0.1) is 23.2 Å². The molecule has 2 rings (SSSR count). The molecule has 0 amide bonds. The van der Waals surface area contributed by atoms with E-state index in [0.29, 0.717) is 12.5 Å². The van der Waals surface area contributed by atoms with E-state index in [2.05, 4.69) is 18.3 Å². The Morgan fingerprint density at radius 2 is 2.13 bits per heavy atom. The molecule has 0 aromatic rings. The van der Waals surface area contributed by atoms with Gasteiger partial charge in [0, 0.05) is 6.61 Å². The fourth-order valence-electron chi connectivity index (χ4n) is 2.04. The van der Waals surface area contributed by atoms with Crippen molar-refractivity contribution in [1.29, 1.82) is 5.26 Å².